The Bertz CT molecular complexity index is 3150. The maximum Gasteiger partial charge on any atom is 0.0561 e. The fraction of sp³-hybridized carbons (Fsp3) is 0. The van der Waals surface area contributed by atoms with Crippen molar-refractivity contribution in [3.63, 3.8) is 0 Å². The SMILES string of the molecule is c1ccc(-n2c3ccccc3c3ccc(N(c4cc5c6ccccc6ccc5c5ccccc45)c4cccc5sc6ccccc6c45)cc32)cc1. The van der Waals surface area contributed by atoms with Gasteiger partial charge in [0.1, 0.15) is 0 Å². The van der Waals surface area contributed by atoms with Crippen molar-refractivity contribution in [1.82, 2.24) is 4.57 Å². The molecule has 2 nitrogen and oxygen atoms in total. The van der Waals surface area contributed by atoms with Crippen LogP contribution >= 0.6 is 11.3 Å². The van der Waals surface area contributed by atoms with Crippen molar-refractivity contribution in [2.24, 2.45) is 0 Å². The fourth-order valence-corrected chi connectivity index (χ4v) is 9.46. The highest BCUT2D eigenvalue weighted by atomic mass is 32.1. The van der Waals surface area contributed by atoms with E-state index in [-0.39, 0.29) is 0 Å². The largest absolute Gasteiger partial charge is 0.309 e. The quantitative estimate of drug-likeness (QED) is 0.170. The minimum absolute atomic E-state index is 1.12. The summed E-state index contributed by atoms with van der Waals surface area (Å²) in [6.45, 7) is 0. The molecule has 2 heterocycles. The molecule has 11 rings (SSSR count). The van der Waals surface area contributed by atoms with Crippen LogP contribution in [-0.4, -0.2) is 4.57 Å². The third-order valence-corrected chi connectivity index (χ3v) is 11.7. The smallest absolute Gasteiger partial charge is 0.0561 e. The summed E-state index contributed by atoms with van der Waals surface area (Å²) in [5.74, 6) is 0. The number of aromatic nitrogens is 1. The molecule has 0 atom stereocenters. The second-order valence-electron chi connectivity index (χ2n) is 13.3. The highest BCUT2D eigenvalue weighted by Gasteiger charge is 2.23. The number of benzene rings is 9. The standard InChI is InChI=1S/C48H30N2S/c1-2-14-32(15-3-1)49-42-21-10-8-19-38(42)39-28-26-33(29-44(39)49)50(43-22-12-24-47-48(43)40-20-9-11-23-46(40)51-47)45-30-41-34-16-5-4-13-31(34)25-27-36(41)35-17-6-7-18-37(35)45/h1-30H. The molecule has 0 unspecified atom stereocenters. The van der Waals surface area contributed by atoms with E-state index in [0.717, 1.165) is 11.4 Å². The van der Waals surface area contributed by atoms with E-state index >= 15 is 0 Å². The van der Waals surface area contributed by atoms with E-state index in [9.17, 15) is 0 Å². The Hall–Kier alpha value is -6.42. The number of anilines is 3. The van der Waals surface area contributed by atoms with Gasteiger partial charge in [0, 0.05) is 47.7 Å². The predicted molar refractivity (Wildman–Crippen MR) is 221 cm³/mol. The van der Waals surface area contributed by atoms with E-state index in [1.54, 1.807) is 0 Å². The number of thiophene rings is 1. The molecule has 0 bridgehead atoms. The van der Waals surface area contributed by atoms with Crippen LogP contribution in [0.4, 0.5) is 17.1 Å². The van der Waals surface area contributed by atoms with E-state index in [1.807, 2.05) is 11.3 Å². The normalized spacial score (nSPS) is 11.9. The van der Waals surface area contributed by atoms with Crippen LogP contribution in [-0.2, 0) is 0 Å². The molecule has 0 aliphatic carbocycles. The van der Waals surface area contributed by atoms with Gasteiger partial charge in [0.05, 0.1) is 22.4 Å². The molecule has 0 aliphatic heterocycles. The molecular weight excluding hydrogens is 637 g/mol. The predicted octanol–water partition coefficient (Wildman–Crippen LogP) is 14.1. The van der Waals surface area contributed by atoms with Gasteiger partial charge >= 0.3 is 0 Å². The van der Waals surface area contributed by atoms with Crippen LogP contribution in [0.2, 0.25) is 0 Å². The third-order valence-electron chi connectivity index (χ3n) is 10.5. The average Bonchev–Trinajstić information content (AvgIpc) is 3.74. The first-order valence-electron chi connectivity index (χ1n) is 17.4. The number of rotatable bonds is 4. The van der Waals surface area contributed by atoms with Crippen LogP contribution in [0.3, 0.4) is 0 Å². The lowest BCUT2D eigenvalue weighted by Crippen LogP contribution is -2.11. The van der Waals surface area contributed by atoms with Gasteiger partial charge in [0.25, 0.3) is 0 Å². The Balaban J connectivity index is 1.30. The first-order valence-corrected chi connectivity index (χ1v) is 18.3. The number of nitrogens with zero attached hydrogens (tertiary/aromatic N) is 2. The minimum atomic E-state index is 1.12. The summed E-state index contributed by atoms with van der Waals surface area (Å²) in [7, 11) is 0. The second-order valence-corrected chi connectivity index (χ2v) is 14.4. The lowest BCUT2D eigenvalue weighted by atomic mass is 9.95. The molecule has 0 fully saturated rings. The van der Waals surface area contributed by atoms with Gasteiger partial charge < -0.3 is 9.47 Å². The van der Waals surface area contributed by atoms with Crippen LogP contribution in [0.25, 0.3) is 80.0 Å². The van der Waals surface area contributed by atoms with E-state index in [0.29, 0.717) is 0 Å². The van der Waals surface area contributed by atoms with Crippen molar-refractivity contribution >= 4 is 103 Å². The Morgan fingerprint density at radius 2 is 1.02 bits per heavy atom. The Kier molecular flexibility index (Phi) is 6.16. The third kappa shape index (κ3) is 4.22. The molecule has 0 saturated carbocycles. The maximum atomic E-state index is 2.53. The molecule has 11 aromatic rings. The molecule has 0 spiro atoms. The first-order chi connectivity index (χ1) is 25.3. The van der Waals surface area contributed by atoms with Crippen LogP contribution in [0.15, 0.2) is 182 Å². The van der Waals surface area contributed by atoms with Gasteiger partial charge in [-0.15, -0.1) is 11.3 Å². The summed E-state index contributed by atoms with van der Waals surface area (Å²) in [6.07, 6.45) is 0. The summed E-state index contributed by atoms with van der Waals surface area (Å²) in [4.78, 5) is 2.53. The van der Waals surface area contributed by atoms with E-state index in [4.69, 9.17) is 0 Å². The van der Waals surface area contributed by atoms with Gasteiger partial charge in [-0.3, -0.25) is 0 Å². The summed E-state index contributed by atoms with van der Waals surface area (Å²) in [6, 6.07) is 66.9. The Morgan fingerprint density at radius 1 is 0.373 bits per heavy atom. The van der Waals surface area contributed by atoms with Gasteiger partial charge in [-0.2, -0.15) is 0 Å². The highest BCUT2D eigenvalue weighted by Crippen LogP contribution is 2.49. The van der Waals surface area contributed by atoms with Gasteiger partial charge in [0.15, 0.2) is 0 Å². The van der Waals surface area contributed by atoms with Crippen molar-refractivity contribution in [2.75, 3.05) is 4.90 Å². The average molecular weight is 667 g/mol. The Labute approximate surface area is 298 Å². The van der Waals surface area contributed by atoms with E-state index in [1.165, 1.54) is 85.7 Å². The van der Waals surface area contributed by atoms with Gasteiger partial charge in [0.2, 0.25) is 0 Å². The molecule has 3 heteroatoms. The van der Waals surface area contributed by atoms with Crippen LogP contribution in [0.1, 0.15) is 0 Å². The van der Waals surface area contributed by atoms with Crippen molar-refractivity contribution in [3.8, 4) is 5.69 Å². The van der Waals surface area contributed by atoms with Crippen molar-refractivity contribution in [3.05, 3.63) is 182 Å². The van der Waals surface area contributed by atoms with Crippen LogP contribution < -0.4 is 4.90 Å². The lowest BCUT2D eigenvalue weighted by molar-refractivity contribution is 1.18. The molecule has 0 N–H and O–H groups in total. The number of hydrogen-bond acceptors (Lipinski definition) is 2. The molecule has 2 aromatic heterocycles. The summed E-state index contributed by atoms with van der Waals surface area (Å²) < 4.78 is 5.00. The maximum absolute atomic E-state index is 2.53. The zero-order chi connectivity index (χ0) is 33.5. The minimum Gasteiger partial charge on any atom is -0.309 e. The van der Waals surface area contributed by atoms with Gasteiger partial charge in [-0.05, 0) is 81.5 Å². The molecule has 0 saturated heterocycles. The molecule has 0 amide bonds. The molecule has 238 valence electrons. The van der Waals surface area contributed by atoms with Crippen LogP contribution in [0.5, 0.6) is 0 Å². The molecule has 0 radical (unpaired) electrons. The summed E-state index contributed by atoms with van der Waals surface area (Å²) in [5, 5.41) is 12.6. The molecule has 9 aromatic carbocycles. The van der Waals surface area contributed by atoms with Crippen molar-refractivity contribution < 1.29 is 0 Å². The summed E-state index contributed by atoms with van der Waals surface area (Å²) in [5.41, 5.74) is 7.00. The number of fused-ring (bicyclic) bond motifs is 11. The molecular formula is C48H30N2S. The van der Waals surface area contributed by atoms with Crippen molar-refractivity contribution in [2.45, 2.75) is 0 Å². The monoisotopic (exact) mass is 666 g/mol. The second kappa shape index (κ2) is 11.0. The van der Waals surface area contributed by atoms with E-state index < -0.39 is 0 Å². The topological polar surface area (TPSA) is 8.17 Å². The van der Waals surface area contributed by atoms with Gasteiger partial charge in [-0.1, -0.05) is 127 Å². The van der Waals surface area contributed by atoms with Crippen LogP contribution in [0, 0.1) is 0 Å². The van der Waals surface area contributed by atoms with E-state index in [2.05, 4.69) is 191 Å². The number of hydrogen-bond donors (Lipinski definition) is 0. The first kappa shape index (κ1) is 28.4. The lowest BCUT2D eigenvalue weighted by Gasteiger charge is -2.29. The fourth-order valence-electron chi connectivity index (χ4n) is 8.33. The van der Waals surface area contributed by atoms with Gasteiger partial charge in [-0.25, -0.2) is 0 Å². The Morgan fingerprint density at radius 3 is 1.90 bits per heavy atom. The molecule has 51 heavy (non-hydrogen) atoms. The zero-order valence-corrected chi connectivity index (χ0v) is 28.4. The zero-order valence-electron chi connectivity index (χ0n) is 27.6. The number of para-hydroxylation sites is 2. The van der Waals surface area contributed by atoms with Crippen molar-refractivity contribution in [1.29, 1.82) is 0 Å². The molecule has 0 aliphatic rings. The highest BCUT2D eigenvalue weighted by molar-refractivity contribution is 7.26. The summed E-state index contributed by atoms with van der Waals surface area (Å²) >= 11 is 1.87.